The summed E-state index contributed by atoms with van der Waals surface area (Å²) in [6.45, 7) is 1.74. The van der Waals surface area contributed by atoms with Crippen molar-refractivity contribution in [3.05, 3.63) is 47.8 Å². The van der Waals surface area contributed by atoms with Crippen molar-refractivity contribution in [1.29, 1.82) is 0 Å². The number of hydroxylamine groups is 1. The van der Waals surface area contributed by atoms with E-state index < -0.39 is 18.1 Å². The quantitative estimate of drug-likeness (QED) is 0.556. The van der Waals surface area contributed by atoms with Crippen LogP contribution in [-0.4, -0.2) is 56.9 Å². The Morgan fingerprint density at radius 2 is 2.07 bits per heavy atom. The maximum absolute atomic E-state index is 13.2. The van der Waals surface area contributed by atoms with Crippen LogP contribution >= 0.6 is 24.0 Å². The molecular formula is C19H21N3O5S2. The third kappa shape index (κ3) is 5.27. The first kappa shape index (κ1) is 21.1. The molecule has 0 saturated carbocycles. The molecular weight excluding hydrogens is 414 g/mol. The highest BCUT2D eigenvalue weighted by molar-refractivity contribution is 7.99. The maximum Gasteiger partial charge on any atom is 0.411 e. The molecule has 0 aromatic heterocycles. The third-order valence-electron chi connectivity index (χ3n) is 4.40. The Hall–Kier alpha value is -2.59. The molecule has 10 heteroatoms. The van der Waals surface area contributed by atoms with Gasteiger partial charge in [0.15, 0.2) is 0 Å². The molecule has 2 saturated heterocycles. The zero-order valence-corrected chi connectivity index (χ0v) is 17.5. The fourth-order valence-corrected chi connectivity index (χ4v) is 4.33. The lowest BCUT2D eigenvalue weighted by Crippen LogP contribution is -2.49. The molecule has 154 valence electrons. The number of nitrogens with one attached hydrogen (secondary N) is 1. The second-order valence-corrected chi connectivity index (χ2v) is 7.92. The Bertz CT molecular complexity index is 830. The third-order valence-corrected chi connectivity index (χ3v) is 5.77. The number of ether oxygens (including phenoxy) is 1. The molecule has 0 spiro atoms. The number of amides is 2. The van der Waals surface area contributed by atoms with Gasteiger partial charge in [-0.1, -0.05) is 42.5 Å². The summed E-state index contributed by atoms with van der Waals surface area (Å²) in [7, 11) is 0. The van der Waals surface area contributed by atoms with E-state index in [0.717, 1.165) is 5.56 Å². The van der Waals surface area contributed by atoms with Gasteiger partial charge >= 0.3 is 12.1 Å². The molecule has 2 fully saturated rings. The van der Waals surface area contributed by atoms with E-state index in [0.29, 0.717) is 35.2 Å². The summed E-state index contributed by atoms with van der Waals surface area (Å²) in [5.74, 6) is 0.218. The number of thioether (sulfide) groups is 1. The standard InChI is InChI=1S/C19H21N3O5S2/c1-13(23)27-20-9-15-11-29-12-22(15)18(24)17-16(28)7-8-21(17)19(25)26-10-14-5-3-2-4-6-14/h2-6,9,17,20H,7-8,10-12H2,1H3/t17-/m0/s1. The van der Waals surface area contributed by atoms with Gasteiger partial charge in [0.2, 0.25) is 0 Å². The molecule has 2 heterocycles. The lowest BCUT2D eigenvalue weighted by molar-refractivity contribution is -0.146. The van der Waals surface area contributed by atoms with E-state index in [9.17, 15) is 14.4 Å². The van der Waals surface area contributed by atoms with E-state index >= 15 is 0 Å². The minimum atomic E-state index is -0.843. The van der Waals surface area contributed by atoms with Gasteiger partial charge in [-0.3, -0.25) is 14.5 Å². The Morgan fingerprint density at radius 3 is 2.79 bits per heavy atom. The first-order valence-corrected chi connectivity index (χ1v) is 10.5. The highest BCUT2D eigenvalue weighted by Crippen LogP contribution is 2.28. The van der Waals surface area contributed by atoms with Gasteiger partial charge in [-0.25, -0.2) is 10.3 Å². The lowest BCUT2D eigenvalue weighted by Gasteiger charge is -2.27. The Kier molecular flexibility index (Phi) is 7.10. The highest BCUT2D eigenvalue weighted by atomic mass is 32.2. The summed E-state index contributed by atoms with van der Waals surface area (Å²) >= 11 is 6.91. The maximum atomic E-state index is 13.2. The summed E-state index contributed by atoms with van der Waals surface area (Å²) in [4.78, 5) is 44.8. The van der Waals surface area contributed by atoms with Crippen LogP contribution in [0.15, 0.2) is 42.2 Å². The van der Waals surface area contributed by atoms with E-state index in [-0.39, 0.29) is 12.5 Å². The number of carbonyl (C=O) groups excluding carboxylic acids is 3. The Morgan fingerprint density at radius 1 is 1.31 bits per heavy atom. The van der Waals surface area contributed by atoms with Crippen molar-refractivity contribution in [3.63, 3.8) is 0 Å². The number of rotatable bonds is 5. The van der Waals surface area contributed by atoms with Crippen molar-refractivity contribution in [2.45, 2.75) is 26.0 Å². The number of thiocarbonyl (C=S) groups is 1. The molecule has 0 radical (unpaired) electrons. The molecule has 2 amide bonds. The van der Waals surface area contributed by atoms with E-state index in [2.05, 4.69) is 10.3 Å². The van der Waals surface area contributed by atoms with Crippen LogP contribution < -0.4 is 5.48 Å². The minimum absolute atomic E-state index is 0.126. The van der Waals surface area contributed by atoms with Crippen LogP contribution in [0.25, 0.3) is 0 Å². The summed E-state index contributed by atoms with van der Waals surface area (Å²) < 4.78 is 5.39. The predicted octanol–water partition coefficient (Wildman–Crippen LogP) is 2.21. The average Bonchev–Trinajstić information content (AvgIpc) is 3.33. The Labute approximate surface area is 178 Å². The molecule has 0 bridgehead atoms. The molecule has 0 aliphatic carbocycles. The molecule has 0 unspecified atom stereocenters. The molecule has 1 atom stereocenters. The molecule has 1 N–H and O–H groups in total. The molecule has 1 aromatic rings. The van der Waals surface area contributed by atoms with Crippen molar-refractivity contribution >= 4 is 46.8 Å². The summed E-state index contributed by atoms with van der Waals surface area (Å²) in [5.41, 5.74) is 3.94. The number of benzene rings is 1. The molecule has 3 rings (SSSR count). The predicted molar refractivity (Wildman–Crippen MR) is 111 cm³/mol. The molecule has 2 aliphatic rings. The molecule has 1 aromatic carbocycles. The second kappa shape index (κ2) is 9.75. The molecule has 8 nitrogen and oxygen atoms in total. The monoisotopic (exact) mass is 435 g/mol. The van der Waals surface area contributed by atoms with Crippen LogP contribution in [0.5, 0.6) is 0 Å². The molecule has 2 aliphatic heterocycles. The van der Waals surface area contributed by atoms with Gasteiger partial charge < -0.3 is 14.5 Å². The van der Waals surface area contributed by atoms with E-state index in [1.54, 1.807) is 4.90 Å². The van der Waals surface area contributed by atoms with Crippen molar-refractivity contribution < 1.29 is 24.0 Å². The fourth-order valence-electron chi connectivity index (χ4n) is 3.00. The first-order valence-electron chi connectivity index (χ1n) is 8.98. The lowest BCUT2D eigenvalue weighted by atomic mass is 10.2. The van der Waals surface area contributed by atoms with Gasteiger partial charge in [0, 0.05) is 24.1 Å². The van der Waals surface area contributed by atoms with E-state index in [4.69, 9.17) is 17.0 Å². The second-order valence-electron chi connectivity index (χ2n) is 6.44. The normalized spacial score (nSPS) is 20.1. The van der Waals surface area contributed by atoms with Crippen LogP contribution in [0.1, 0.15) is 18.9 Å². The summed E-state index contributed by atoms with van der Waals surface area (Å²) in [6.07, 6.45) is 1.37. The number of nitrogens with zero attached hydrogens (tertiary/aromatic N) is 2. The number of hydrogen-bond acceptors (Lipinski definition) is 8. The van der Waals surface area contributed by atoms with Crippen LogP contribution in [-0.2, 0) is 25.8 Å². The van der Waals surface area contributed by atoms with Gasteiger partial charge in [0.1, 0.15) is 12.6 Å². The van der Waals surface area contributed by atoms with Crippen molar-refractivity contribution in [3.8, 4) is 0 Å². The largest absolute Gasteiger partial charge is 0.445 e. The topological polar surface area (TPSA) is 88.2 Å². The SMILES string of the molecule is CC(=O)ONC=C1CSCN1C(=O)[C@@H]1C(=S)CCN1C(=O)OCc1ccccc1. The minimum Gasteiger partial charge on any atom is -0.445 e. The number of likely N-dealkylation sites (tertiary alicyclic amines) is 1. The highest BCUT2D eigenvalue weighted by Gasteiger charge is 2.42. The zero-order chi connectivity index (χ0) is 20.8. The number of carbonyl (C=O) groups is 3. The van der Waals surface area contributed by atoms with Gasteiger partial charge in [-0.2, -0.15) is 0 Å². The van der Waals surface area contributed by atoms with E-state index in [1.165, 1.54) is 29.8 Å². The van der Waals surface area contributed by atoms with Crippen molar-refractivity contribution in [2.75, 3.05) is 18.2 Å². The molecule has 29 heavy (non-hydrogen) atoms. The van der Waals surface area contributed by atoms with Gasteiger partial charge in [0.25, 0.3) is 5.91 Å². The van der Waals surface area contributed by atoms with Crippen LogP contribution in [0, 0.1) is 0 Å². The fraction of sp³-hybridized carbons (Fsp3) is 0.368. The summed E-state index contributed by atoms with van der Waals surface area (Å²) in [5, 5.41) is 0. The van der Waals surface area contributed by atoms with Crippen molar-refractivity contribution in [2.24, 2.45) is 0 Å². The van der Waals surface area contributed by atoms with Crippen LogP contribution in [0.2, 0.25) is 0 Å². The zero-order valence-electron chi connectivity index (χ0n) is 15.8. The van der Waals surface area contributed by atoms with Gasteiger partial charge in [-0.15, -0.1) is 11.8 Å². The summed E-state index contributed by atoms with van der Waals surface area (Å²) in [6, 6.07) is 8.49. The van der Waals surface area contributed by atoms with Gasteiger partial charge in [-0.05, 0) is 12.0 Å². The smallest absolute Gasteiger partial charge is 0.411 e. The van der Waals surface area contributed by atoms with E-state index in [1.807, 2.05) is 30.3 Å². The van der Waals surface area contributed by atoms with Crippen LogP contribution in [0.3, 0.4) is 0 Å². The van der Waals surface area contributed by atoms with Crippen LogP contribution in [0.4, 0.5) is 4.79 Å². The van der Waals surface area contributed by atoms with Crippen molar-refractivity contribution in [1.82, 2.24) is 15.3 Å². The Balaban J connectivity index is 1.66. The van der Waals surface area contributed by atoms with Gasteiger partial charge in [0.05, 0.1) is 17.8 Å². The number of hydrogen-bond donors (Lipinski definition) is 1. The first-order chi connectivity index (χ1) is 14.0. The average molecular weight is 436 g/mol.